The number of thioether (sulfide) groups is 1. The van der Waals surface area contributed by atoms with Crippen molar-refractivity contribution in [3.05, 3.63) is 65.7 Å². The quantitative estimate of drug-likeness (QED) is 0.733. The lowest BCUT2D eigenvalue weighted by Gasteiger charge is -2.32. The van der Waals surface area contributed by atoms with E-state index in [1.165, 1.54) is 5.56 Å². The molecule has 0 unspecified atom stereocenters. The summed E-state index contributed by atoms with van der Waals surface area (Å²) in [6.45, 7) is 6.14. The van der Waals surface area contributed by atoms with E-state index in [2.05, 4.69) is 47.5 Å². The van der Waals surface area contributed by atoms with Crippen molar-refractivity contribution >= 4 is 17.7 Å². The summed E-state index contributed by atoms with van der Waals surface area (Å²) in [4.78, 5) is 16.1. The molecule has 1 aliphatic rings. The van der Waals surface area contributed by atoms with Gasteiger partial charge in [0.15, 0.2) is 0 Å². The summed E-state index contributed by atoms with van der Waals surface area (Å²) in [5.74, 6) is 1.62. The molecule has 0 saturated carbocycles. The maximum absolute atomic E-state index is 12.6. The summed E-state index contributed by atoms with van der Waals surface area (Å²) in [6, 6.07) is 18.6. The maximum atomic E-state index is 12.6. The normalized spacial score (nSPS) is 15.7. The summed E-state index contributed by atoms with van der Waals surface area (Å²) in [5, 5.41) is 3.16. The minimum absolute atomic E-state index is 0.0632. The van der Waals surface area contributed by atoms with E-state index in [9.17, 15) is 4.79 Å². The highest BCUT2D eigenvalue weighted by Gasteiger charge is 2.20. The van der Waals surface area contributed by atoms with Crippen LogP contribution < -0.4 is 5.32 Å². The molecule has 138 valence electrons. The van der Waals surface area contributed by atoms with Crippen molar-refractivity contribution in [1.82, 2.24) is 10.2 Å². The zero-order chi connectivity index (χ0) is 18.2. The second kappa shape index (κ2) is 9.79. The Morgan fingerprint density at radius 1 is 1.08 bits per heavy atom. The molecule has 1 fully saturated rings. The highest BCUT2D eigenvalue weighted by molar-refractivity contribution is 7.99. The SMILES string of the molecule is CCSc1ccccc1C(=O)NCC1CCN(Cc2ccccc2)CC1. The number of nitrogens with zero attached hydrogens (tertiary/aromatic N) is 1. The van der Waals surface area contributed by atoms with Crippen LogP contribution in [0.3, 0.4) is 0 Å². The van der Waals surface area contributed by atoms with Crippen molar-refractivity contribution in [2.45, 2.75) is 31.2 Å². The molecule has 1 aliphatic heterocycles. The third-order valence-electron chi connectivity index (χ3n) is 4.94. The van der Waals surface area contributed by atoms with E-state index in [0.717, 1.165) is 55.2 Å². The Bertz CT molecular complexity index is 696. The van der Waals surface area contributed by atoms with Gasteiger partial charge in [0.1, 0.15) is 0 Å². The molecule has 0 spiro atoms. The van der Waals surface area contributed by atoms with Gasteiger partial charge in [-0.15, -0.1) is 11.8 Å². The number of benzene rings is 2. The highest BCUT2D eigenvalue weighted by atomic mass is 32.2. The summed E-state index contributed by atoms with van der Waals surface area (Å²) in [6.07, 6.45) is 2.30. The number of hydrogen-bond acceptors (Lipinski definition) is 3. The van der Waals surface area contributed by atoms with Crippen LogP contribution in [0, 0.1) is 5.92 Å². The smallest absolute Gasteiger partial charge is 0.252 e. The standard InChI is InChI=1S/C22H28N2OS/c1-2-26-21-11-7-6-10-20(21)22(25)23-16-18-12-14-24(15-13-18)17-19-8-4-3-5-9-19/h3-11,18H,2,12-17H2,1H3,(H,23,25). The molecule has 3 rings (SSSR count). The first-order chi connectivity index (χ1) is 12.8. The lowest BCUT2D eigenvalue weighted by molar-refractivity contribution is 0.0932. The Morgan fingerprint density at radius 2 is 1.77 bits per heavy atom. The van der Waals surface area contributed by atoms with Crippen LogP contribution in [0.15, 0.2) is 59.5 Å². The van der Waals surface area contributed by atoms with Crippen molar-refractivity contribution in [2.75, 3.05) is 25.4 Å². The van der Waals surface area contributed by atoms with Gasteiger partial charge in [0.05, 0.1) is 5.56 Å². The molecular weight excluding hydrogens is 340 g/mol. The molecule has 4 heteroatoms. The Kier molecular flexibility index (Phi) is 7.15. The average molecular weight is 369 g/mol. The second-order valence-corrected chi connectivity index (χ2v) is 8.15. The largest absolute Gasteiger partial charge is 0.352 e. The minimum Gasteiger partial charge on any atom is -0.352 e. The predicted octanol–water partition coefficient (Wildman–Crippen LogP) is 4.44. The molecule has 0 bridgehead atoms. The zero-order valence-electron chi connectivity index (χ0n) is 15.5. The Hall–Kier alpha value is -1.78. The van der Waals surface area contributed by atoms with Crippen molar-refractivity contribution in [3.8, 4) is 0 Å². The Balaban J connectivity index is 1.44. The summed E-state index contributed by atoms with van der Waals surface area (Å²) in [5.41, 5.74) is 2.19. The zero-order valence-corrected chi connectivity index (χ0v) is 16.3. The van der Waals surface area contributed by atoms with E-state index in [-0.39, 0.29) is 5.91 Å². The fraction of sp³-hybridized carbons (Fsp3) is 0.409. The van der Waals surface area contributed by atoms with Crippen molar-refractivity contribution in [2.24, 2.45) is 5.92 Å². The molecule has 2 aromatic rings. The number of carbonyl (C=O) groups is 1. The van der Waals surface area contributed by atoms with E-state index in [1.807, 2.05) is 24.3 Å². The predicted molar refractivity (Wildman–Crippen MR) is 110 cm³/mol. The molecule has 0 aliphatic carbocycles. The van der Waals surface area contributed by atoms with Crippen molar-refractivity contribution < 1.29 is 4.79 Å². The van der Waals surface area contributed by atoms with Gasteiger partial charge < -0.3 is 5.32 Å². The average Bonchev–Trinajstić information content (AvgIpc) is 2.69. The minimum atomic E-state index is 0.0632. The van der Waals surface area contributed by atoms with Crippen LogP contribution >= 0.6 is 11.8 Å². The molecule has 1 amide bonds. The molecule has 1 N–H and O–H groups in total. The molecule has 26 heavy (non-hydrogen) atoms. The summed E-state index contributed by atoms with van der Waals surface area (Å²) in [7, 11) is 0. The lowest BCUT2D eigenvalue weighted by atomic mass is 9.96. The number of piperidine rings is 1. The summed E-state index contributed by atoms with van der Waals surface area (Å²) < 4.78 is 0. The van der Waals surface area contributed by atoms with Gasteiger partial charge in [-0.05, 0) is 55.3 Å². The van der Waals surface area contributed by atoms with Crippen LogP contribution in [0.4, 0.5) is 0 Å². The third kappa shape index (κ3) is 5.36. The van der Waals surface area contributed by atoms with Gasteiger partial charge in [-0.2, -0.15) is 0 Å². The van der Waals surface area contributed by atoms with Crippen LogP contribution in [0.2, 0.25) is 0 Å². The van der Waals surface area contributed by atoms with Crippen LogP contribution in [0.1, 0.15) is 35.7 Å². The van der Waals surface area contributed by atoms with Gasteiger partial charge in [0.25, 0.3) is 5.91 Å². The van der Waals surface area contributed by atoms with E-state index in [0.29, 0.717) is 5.92 Å². The number of rotatable bonds is 7. The van der Waals surface area contributed by atoms with Crippen LogP contribution in [-0.4, -0.2) is 36.2 Å². The van der Waals surface area contributed by atoms with E-state index >= 15 is 0 Å². The van der Waals surface area contributed by atoms with Crippen LogP contribution in [0.5, 0.6) is 0 Å². The molecule has 3 nitrogen and oxygen atoms in total. The van der Waals surface area contributed by atoms with Gasteiger partial charge in [-0.1, -0.05) is 49.4 Å². The number of carbonyl (C=O) groups excluding carboxylic acids is 1. The van der Waals surface area contributed by atoms with Gasteiger partial charge in [0, 0.05) is 18.0 Å². The Morgan fingerprint density at radius 3 is 2.50 bits per heavy atom. The highest BCUT2D eigenvalue weighted by Crippen LogP contribution is 2.23. The first kappa shape index (κ1) is 19.0. The van der Waals surface area contributed by atoms with Gasteiger partial charge in [-0.3, -0.25) is 9.69 Å². The van der Waals surface area contributed by atoms with Crippen molar-refractivity contribution in [1.29, 1.82) is 0 Å². The van der Waals surface area contributed by atoms with E-state index in [1.54, 1.807) is 11.8 Å². The first-order valence-corrected chi connectivity index (χ1v) is 10.5. The van der Waals surface area contributed by atoms with Gasteiger partial charge in [-0.25, -0.2) is 0 Å². The number of hydrogen-bond donors (Lipinski definition) is 1. The maximum Gasteiger partial charge on any atom is 0.252 e. The molecular formula is C22H28N2OS. The second-order valence-electron chi connectivity index (χ2n) is 6.84. The van der Waals surface area contributed by atoms with E-state index in [4.69, 9.17) is 0 Å². The number of likely N-dealkylation sites (tertiary alicyclic amines) is 1. The molecule has 1 heterocycles. The topological polar surface area (TPSA) is 32.3 Å². The Labute approximate surface area is 161 Å². The molecule has 0 aromatic heterocycles. The number of amides is 1. The fourth-order valence-electron chi connectivity index (χ4n) is 3.46. The molecule has 0 radical (unpaired) electrons. The van der Waals surface area contributed by atoms with Crippen LogP contribution in [-0.2, 0) is 6.54 Å². The van der Waals surface area contributed by atoms with Crippen LogP contribution in [0.25, 0.3) is 0 Å². The fourth-order valence-corrected chi connectivity index (χ4v) is 4.26. The van der Waals surface area contributed by atoms with Gasteiger partial charge in [0.2, 0.25) is 0 Å². The number of nitrogens with one attached hydrogen (secondary N) is 1. The molecule has 1 saturated heterocycles. The third-order valence-corrected chi connectivity index (χ3v) is 5.89. The van der Waals surface area contributed by atoms with Crippen molar-refractivity contribution in [3.63, 3.8) is 0 Å². The summed E-state index contributed by atoms with van der Waals surface area (Å²) >= 11 is 1.73. The van der Waals surface area contributed by atoms with E-state index < -0.39 is 0 Å². The monoisotopic (exact) mass is 368 g/mol. The first-order valence-electron chi connectivity index (χ1n) is 9.52. The lowest BCUT2D eigenvalue weighted by Crippen LogP contribution is -2.38. The molecule has 2 aromatic carbocycles. The molecule has 0 atom stereocenters. The van der Waals surface area contributed by atoms with Gasteiger partial charge >= 0.3 is 0 Å².